The monoisotopic (exact) mass is 462 g/mol. The molecule has 6 nitrogen and oxygen atoms in total. The summed E-state index contributed by atoms with van der Waals surface area (Å²) in [5.74, 6) is -1.17. The van der Waals surface area contributed by atoms with Gasteiger partial charge in [-0.3, -0.25) is 14.9 Å². The quantitative estimate of drug-likeness (QED) is 0.674. The number of carbonyl (C=O) groups is 2. The van der Waals surface area contributed by atoms with E-state index in [1.807, 2.05) is 18.7 Å². The molecule has 31 heavy (non-hydrogen) atoms. The summed E-state index contributed by atoms with van der Waals surface area (Å²) in [6.45, 7) is 6.20. The van der Waals surface area contributed by atoms with Crippen LogP contribution >= 0.6 is 23.8 Å². The second-order valence-corrected chi connectivity index (χ2v) is 8.31. The third kappa shape index (κ3) is 5.51. The summed E-state index contributed by atoms with van der Waals surface area (Å²) in [6, 6.07) is 11.0. The molecule has 0 spiro atoms. The first-order valence-corrected chi connectivity index (χ1v) is 10.8. The number of carbonyl (C=O) groups excluding carboxylic acids is 2. The molecule has 1 saturated heterocycles. The fourth-order valence-corrected chi connectivity index (χ4v) is 3.92. The van der Waals surface area contributed by atoms with Crippen LogP contribution in [0.15, 0.2) is 42.5 Å². The molecule has 1 aliphatic heterocycles. The number of hydrogen-bond donors (Lipinski definition) is 2. The molecular formula is C22H24ClFN4O2S. The van der Waals surface area contributed by atoms with Crippen LogP contribution in [0.5, 0.6) is 0 Å². The number of halogens is 2. The van der Waals surface area contributed by atoms with Crippen LogP contribution in [0.1, 0.15) is 24.2 Å². The van der Waals surface area contributed by atoms with Crippen LogP contribution in [-0.2, 0) is 4.79 Å². The molecule has 9 heteroatoms. The van der Waals surface area contributed by atoms with Gasteiger partial charge in [0.25, 0.3) is 5.91 Å². The SMILES string of the molecule is CC(C)C(=O)N1CCN(c2c(Cl)cccc2NC(=S)NC(=O)c2ccccc2F)CC1. The number of benzene rings is 2. The molecule has 1 heterocycles. The smallest absolute Gasteiger partial charge is 0.260 e. The van der Waals surface area contributed by atoms with Crippen LogP contribution in [0.25, 0.3) is 0 Å². The van der Waals surface area contributed by atoms with E-state index in [9.17, 15) is 14.0 Å². The van der Waals surface area contributed by atoms with E-state index < -0.39 is 11.7 Å². The van der Waals surface area contributed by atoms with Gasteiger partial charge in [-0.25, -0.2) is 4.39 Å². The number of piperazine rings is 1. The molecule has 0 aromatic heterocycles. The largest absolute Gasteiger partial charge is 0.365 e. The van der Waals surface area contributed by atoms with Crippen molar-refractivity contribution in [2.75, 3.05) is 36.4 Å². The van der Waals surface area contributed by atoms with Crippen molar-refractivity contribution in [1.29, 1.82) is 0 Å². The van der Waals surface area contributed by atoms with Crippen molar-refractivity contribution in [3.63, 3.8) is 0 Å². The third-order valence-electron chi connectivity index (χ3n) is 4.98. The normalized spacial score (nSPS) is 13.8. The third-order valence-corrected chi connectivity index (χ3v) is 5.49. The maximum atomic E-state index is 13.8. The zero-order valence-corrected chi connectivity index (χ0v) is 18.9. The maximum Gasteiger partial charge on any atom is 0.260 e. The first-order chi connectivity index (χ1) is 14.8. The Morgan fingerprint density at radius 3 is 2.39 bits per heavy atom. The number of thiocarbonyl (C=S) groups is 1. The topological polar surface area (TPSA) is 64.7 Å². The summed E-state index contributed by atoms with van der Waals surface area (Å²) in [6.07, 6.45) is 0. The van der Waals surface area contributed by atoms with Crippen molar-refractivity contribution < 1.29 is 14.0 Å². The second kappa shape index (κ2) is 10.1. The summed E-state index contributed by atoms with van der Waals surface area (Å²) >= 11 is 11.7. The van der Waals surface area contributed by atoms with Crippen LogP contribution in [0.2, 0.25) is 5.02 Å². The van der Waals surface area contributed by atoms with Crippen molar-refractivity contribution in [1.82, 2.24) is 10.2 Å². The van der Waals surface area contributed by atoms with Gasteiger partial charge < -0.3 is 15.1 Å². The molecule has 0 bridgehead atoms. The molecule has 164 valence electrons. The molecule has 0 aliphatic carbocycles. The van der Waals surface area contributed by atoms with Crippen LogP contribution in [0.3, 0.4) is 0 Å². The van der Waals surface area contributed by atoms with Crippen LogP contribution in [-0.4, -0.2) is 48.0 Å². The lowest BCUT2D eigenvalue weighted by Gasteiger charge is -2.38. The van der Waals surface area contributed by atoms with E-state index in [0.29, 0.717) is 36.9 Å². The minimum atomic E-state index is -0.639. The van der Waals surface area contributed by atoms with Gasteiger partial charge in [-0.1, -0.05) is 43.6 Å². The van der Waals surface area contributed by atoms with Crippen LogP contribution in [0, 0.1) is 11.7 Å². The fourth-order valence-electron chi connectivity index (χ4n) is 3.42. The molecule has 3 rings (SSSR count). The van der Waals surface area contributed by atoms with Gasteiger partial charge in [-0.15, -0.1) is 0 Å². The fraction of sp³-hybridized carbons (Fsp3) is 0.318. The number of nitrogens with zero attached hydrogens (tertiary/aromatic N) is 2. The second-order valence-electron chi connectivity index (χ2n) is 7.49. The Labute approximate surface area is 191 Å². The Morgan fingerprint density at radius 2 is 1.74 bits per heavy atom. The number of amides is 2. The van der Waals surface area contributed by atoms with Gasteiger partial charge in [0.2, 0.25) is 5.91 Å². The highest BCUT2D eigenvalue weighted by atomic mass is 35.5. The Hall–Kier alpha value is -2.71. The zero-order chi connectivity index (χ0) is 22.5. The molecule has 1 fully saturated rings. The summed E-state index contributed by atoms with van der Waals surface area (Å²) < 4.78 is 13.8. The molecule has 2 N–H and O–H groups in total. The summed E-state index contributed by atoms with van der Waals surface area (Å²) in [4.78, 5) is 28.5. The number of hydrogen-bond acceptors (Lipinski definition) is 4. The number of nitrogens with one attached hydrogen (secondary N) is 2. The van der Waals surface area contributed by atoms with Crippen LogP contribution < -0.4 is 15.5 Å². The average molecular weight is 463 g/mol. The van der Waals surface area contributed by atoms with E-state index in [1.54, 1.807) is 24.3 Å². The first kappa shape index (κ1) is 23.0. The maximum absolute atomic E-state index is 13.8. The number of para-hydroxylation sites is 1. The Balaban J connectivity index is 1.70. The molecular weight excluding hydrogens is 439 g/mol. The molecule has 0 unspecified atom stereocenters. The molecule has 2 amide bonds. The highest BCUT2D eigenvalue weighted by molar-refractivity contribution is 7.80. The summed E-state index contributed by atoms with van der Waals surface area (Å²) in [5.41, 5.74) is 1.27. The first-order valence-electron chi connectivity index (χ1n) is 9.97. The van der Waals surface area contributed by atoms with Gasteiger partial charge in [-0.2, -0.15) is 0 Å². The lowest BCUT2D eigenvalue weighted by atomic mass is 10.1. The molecule has 0 saturated carbocycles. The minimum Gasteiger partial charge on any atom is -0.365 e. The van der Waals surface area contributed by atoms with E-state index in [-0.39, 0.29) is 22.5 Å². The standard InChI is InChI=1S/C22H24ClFN4O2S/c1-14(2)21(30)28-12-10-27(11-13-28)19-16(23)7-5-9-18(19)25-22(31)26-20(29)15-6-3-4-8-17(15)24/h3-9,14H,10-13H2,1-2H3,(H2,25,26,29,31). The van der Waals surface area contributed by atoms with Gasteiger partial charge >= 0.3 is 0 Å². The lowest BCUT2D eigenvalue weighted by Crippen LogP contribution is -2.50. The van der Waals surface area contributed by atoms with Gasteiger partial charge in [0.05, 0.1) is 22.0 Å². The summed E-state index contributed by atoms with van der Waals surface area (Å²) in [5, 5.41) is 6.05. The van der Waals surface area contributed by atoms with Crippen molar-refractivity contribution in [3.05, 3.63) is 58.9 Å². The van der Waals surface area contributed by atoms with Gasteiger partial charge in [0.1, 0.15) is 5.82 Å². The number of anilines is 2. The molecule has 0 atom stereocenters. The minimum absolute atomic E-state index is 0.0328. The zero-order valence-electron chi connectivity index (χ0n) is 17.3. The van der Waals surface area contributed by atoms with E-state index in [4.69, 9.17) is 23.8 Å². The Morgan fingerprint density at radius 1 is 1.06 bits per heavy atom. The lowest BCUT2D eigenvalue weighted by molar-refractivity contribution is -0.134. The predicted octanol–water partition coefficient (Wildman–Crippen LogP) is 3.91. The van der Waals surface area contributed by atoms with Gasteiger partial charge in [0, 0.05) is 32.1 Å². The van der Waals surface area contributed by atoms with Crippen LogP contribution in [0.4, 0.5) is 15.8 Å². The molecule has 2 aromatic rings. The number of rotatable bonds is 4. The highest BCUT2D eigenvalue weighted by Gasteiger charge is 2.25. The van der Waals surface area contributed by atoms with Crippen molar-refractivity contribution >= 4 is 52.1 Å². The molecule has 0 radical (unpaired) electrons. The molecule has 2 aromatic carbocycles. The van der Waals surface area contributed by atoms with E-state index in [1.165, 1.54) is 18.2 Å². The van der Waals surface area contributed by atoms with Gasteiger partial charge in [0.15, 0.2) is 5.11 Å². The summed E-state index contributed by atoms with van der Waals surface area (Å²) in [7, 11) is 0. The Kier molecular flexibility index (Phi) is 7.46. The average Bonchev–Trinajstić information content (AvgIpc) is 2.73. The van der Waals surface area contributed by atoms with E-state index in [2.05, 4.69) is 15.5 Å². The van der Waals surface area contributed by atoms with Crippen molar-refractivity contribution in [3.8, 4) is 0 Å². The Bertz CT molecular complexity index is 993. The molecule has 1 aliphatic rings. The van der Waals surface area contributed by atoms with Gasteiger partial charge in [-0.05, 0) is 36.5 Å². The predicted molar refractivity (Wildman–Crippen MR) is 125 cm³/mol. The van der Waals surface area contributed by atoms with E-state index >= 15 is 0 Å². The van der Waals surface area contributed by atoms with Crippen molar-refractivity contribution in [2.45, 2.75) is 13.8 Å². The highest BCUT2D eigenvalue weighted by Crippen LogP contribution is 2.34. The van der Waals surface area contributed by atoms with Crippen molar-refractivity contribution in [2.24, 2.45) is 5.92 Å². The van der Waals surface area contributed by atoms with E-state index in [0.717, 1.165) is 5.69 Å².